The molecule has 0 N–H and O–H groups in total. The number of esters is 2. The van der Waals surface area contributed by atoms with Crippen molar-refractivity contribution in [3.05, 3.63) is 24.3 Å². The van der Waals surface area contributed by atoms with Gasteiger partial charge < -0.3 is 18.9 Å². The molecule has 8 nitrogen and oxygen atoms in total. The lowest BCUT2D eigenvalue weighted by Gasteiger charge is -2.40. The van der Waals surface area contributed by atoms with Crippen LogP contribution >= 0.6 is 0 Å². The topological polar surface area (TPSA) is 105 Å². The third-order valence-corrected chi connectivity index (χ3v) is 7.94. The molecule has 0 saturated carbocycles. The highest BCUT2D eigenvalue weighted by Gasteiger charge is 2.52. The number of hydrogen-bond acceptors (Lipinski definition) is 8. The van der Waals surface area contributed by atoms with Crippen molar-refractivity contribution in [2.24, 2.45) is 23.7 Å². The first kappa shape index (κ1) is 26.3. The Labute approximate surface area is 201 Å². The Balaban J connectivity index is 0.000000191. The molecule has 34 heavy (non-hydrogen) atoms. The van der Waals surface area contributed by atoms with Gasteiger partial charge in [-0.25, -0.2) is 0 Å². The summed E-state index contributed by atoms with van der Waals surface area (Å²) in [4.78, 5) is 46.5. The van der Waals surface area contributed by atoms with Crippen molar-refractivity contribution in [2.45, 2.75) is 76.8 Å². The fourth-order valence-electron chi connectivity index (χ4n) is 5.32. The zero-order valence-electron chi connectivity index (χ0n) is 20.9. The predicted molar refractivity (Wildman–Crippen MR) is 123 cm³/mol. The summed E-state index contributed by atoms with van der Waals surface area (Å²) in [6.45, 7) is 7.54. The molecule has 4 heterocycles. The van der Waals surface area contributed by atoms with Gasteiger partial charge in [-0.2, -0.15) is 0 Å². The van der Waals surface area contributed by atoms with E-state index in [2.05, 4.69) is 9.47 Å². The number of ether oxygens (including phenoxy) is 4. The second kappa shape index (κ2) is 10.1. The maximum atomic E-state index is 12.1. The molecule has 188 valence electrons. The summed E-state index contributed by atoms with van der Waals surface area (Å²) in [5, 5.41) is 0. The number of ketones is 2. The average Bonchev–Trinajstić information content (AvgIpc) is 3.45. The molecule has 4 aliphatic heterocycles. The van der Waals surface area contributed by atoms with Crippen LogP contribution in [0.15, 0.2) is 24.3 Å². The fraction of sp³-hybridized carbons (Fsp3) is 0.692. The largest absolute Gasteiger partial charge is 0.469 e. The lowest BCUT2D eigenvalue weighted by molar-refractivity contribution is -0.163. The average molecular weight is 477 g/mol. The van der Waals surface area contributed by atoms with Crippen molar-refractivity contribution >= 4 is 23.5 Å². The van der Waals surface area contributed by atoms with E-state index < -0.39 is 11.2 Å². The Morgan fingerprint density at radius 1 is 0.765 bits per heavy atom. The Kier molecular flexibility index (Phi) is 7.82. The van der Waals surface area contributed by atoms with Gasteiger partial charge in [0.05, 0.1) is 37.6 Å². The number of methoxy groups -OCH3 is 2. The van der Waals surface area contributed by atoms with Crippen molar-refractivity contribution in [1.82, 2.24) is 0 Å². The molecule has 0 unspecified atom stereocenters. The lowest BCUT2D eigenvalue weighted by Crippen LogP contribution is -2.50. The van der Waals surface area contributed by atoms with Crippen molar-refractivity contribution in [2.75, 3.05) is 14.2 Å². The Morgan fingerprint density at radius 2 is 1.12 bits per heavy atom. The second-order valence-corrected chi connectivity index (χ2v) is 9.77. The molecular weight excluding hydrogens is 440 g/mol. The predicted octanol–water partition coefficient (Wildman–Crippen LogP) is 2.98. The molecule has 0 aromatic carbocycles. The first-order valence-corrected chi connectivity index (χ1v) is 12.0. The highest BCUT2D eigenvalue weighted by molar-refractivity contribution is 5.87. The van der Waals surface area contributed by atoms with Crippen molar-refractivity contribution < 1.29 is 38.1 Å². The number of rotatable bonds is 6. The molecule has 0 radical (unpaired) electrons. The van der Waals surface area contributed by atoms with Crippen LogP contribution in [-0.2, 0) is 38.1 Å². The SMILES string of the molecule is COC(=O)CC[C@@]12C=C[C@@H](O1)[C@H](C)C(=O)[C@@H]2C.COC(=O)CC[C@]12C=C[C@H](O1)[C@@H](C)C(=O)[C@H]2C. The highest BCUT2D eigenvalue weighted by atomic mass is 16.5. The maximum absolute atomic E-state index is 12.1. The standard InChI is InChI=1S/2C13H18O4/c2*1-8-10-4-6-13(17-10,9(2)12(8)15)7-5-11(14)16-3/h2*4,6,8-10H,5,7H2,1-3H3/t2*8-,9-,10+,13+/m10/s1. The minimum atomic E-state index is -0.595. The van der Waals surface area contributed by atoms with Crippen LogP contribution in [0.25, 0.3) is 0 Å². The molecule has 4 bridgehead atoms. The van der Waals surface area contributed by atoms with Gasteiger partial charge in [-0.1, -0.05) is 52.0 Å². The van der Waals surface area contributed by atoms with Crippen molar-refractivity contribution in [1.29, 1.82) is 0 Å². The molecule has 0 spiro atoms. The van der Waals surface area contributed by atoms with E-state index in [0.717, 1.165) is 0 Å². The molecular formula is C26H36O8. The van der Waals surface area contributed by atoms with E-state index in [0.29, 0.717) is 12.8 Å². The Bertz CT molecular complexity index is 819. The summed E-state index contributed by atoms with van der Waals surface area (Å²) < 4.78 is 21.1. The molecule has 2 saturated heterocycles. The summed E-state index contributed by atoms with van der Waals surface area (Å²) in [6.07, 6.45) is 9.11. The van der Waals surface area contributed by atoms with Gasteiger partial charge >= 0.3 is 11.9 Å². The second-order valence-electron chi connectivity index (χ2n) is 9.77. The lowest BCUT2D eigenvalue weighted by atomic mass is 9.77. The fourth-order valence-corrected chi connectivity index (χ4v) is 5.32. The van der Waals surface area contributed by atoms with Crippen LogP contribution in [0.5, 0.6) is 0 Å². The number of carbonyl (C=O) groups excluding carboxylic acids is 4. The molecule has 4 rings (SSSR count). The van der Waals surface area contributed by atoms with Crippen LogP contribution in [0.4, 0.5) is 0 Å². The number of fused-ring (bicyclic) bond motifs is 4. The summed E-state index contributed by atoms with van der Waals surface area (Å²) in [5.74, 6) is -0.664. The van der Waals surface area contributed by atoms with Crippen molar-refractivity contribution in [3.8, 4) is 0 Å². The Hall–Kier alpha value is -2.32. The van der Waals surface area contributed by atoms with Gasteiger partial charge in [-0.05, 0) is 12.8 Å². The van der Waals surface area contributed by atoms with Gasteiger partial charge in [-0.3, -0.25) is 19.2 Å². The zero-order chi connectivity index (χ0) is 25.3. The zero-order valence-corrected chi connectivity index (χ0v) is 20.9. The third kappa shape index (κ3) is 4.75. The van der Waals surface area contributed by atoms with Crippen LogP contribution in [0.2, 0.25) is 0 Å². The summed E-state index contributed by atoms with van der Waals surface area (Å²) in [7, 11) is 2.73. The number of Topliss-reactive ketones (excluding diaryl/α,β-unsaturated/α-hetero) is 2. The quantitative estimate of drug-likeness (QED) is 0.426. The Morgan fingerprint density at radius 3 is 1.44 bits per heavy atom. The van der Waals surface area contributed by atoms with E-state index in [4.69, 9.17) is 9.47 Å². The van der Waals surface area contributed by atoms with E-state index in [1.165, 1.54) is 14.2 Å². The highest BCUT2D eigenvalue weighted by Crippen LogP contribution is 2.45. The van der Waals surface area contributed by atoms with Crippen LogP contribution in [-0.4, -0.2) is 61.1 Å². The van der Waals surface area contributed by atoms with Crippen LogP contribution < -0.4 is 0 Å². The monoisotopic (exact) mass is 476 g/mol. The normalized spacial score (nSPS) is 39.5. The summed E-state index contributed by atoms with van der Waals surface area (Å²) in [5.41, 5.74) is -1.19. The molecule has 0 aliphatic carbocycles. The van der Waals surface area contributed by atoms with Gasteiger partial charge in [0.15, 0.2) is 0 Å². The van der Waals surface area contributed by atoms with E-state index in [1.54, 1.807) is 0 Å². The van der Waals surface area contributed by atoms with E-state index >= 15 is 0 Å². The van der Waals surface area contributed by atoms with Crippen LogP contribution in [0, 0.1) is 23.7 Å². The van der Waals surface area contributed by atoms with Crippen LogP contribution in [0.1, 0.15) is 53.4 Å². The van der Waals surface area contributed by atoms with Gasteiger partial charge in [0.2, 0.25) is 0 Å². The van der Waals surface area contributed by atoms with E-state index in [-0.39, 0.29) is 72.2 Å². The summed E-state index contributed by atoms with van der Waals surface area (Å²) in [6, 6.07) is 0. The molecule has 0 aromatic rings. The van der Waals surface area contributed by atoms with Crippen LogP contribution in [0.3, 0.4) is 0 Å². The number of carbonyl (C=O) groups is 4. The smallest absolute Gasteiger partial charge is 0.305 e. The minimum absolute atomic E-state index is 0.0880. The molecule has 2 fully saturated rings. The van der Waals surface area contributed by atoms with Gasteiger partial charge in [-0.15, -0.1) is 0 Å². The first-order chi connectivity index (χ1) is 16.0. The molecule has 0 aromatic heterocycles. The van der Waals surface area contributed by atoms with Gasteiger partial charge in [0.25, 0.3) is 0 Å². The molecule has 8 heteroatoms. The van der Waals surface area contributed by atoms with Gasteiger partial charge in [0.1, 0.15) is 11.6 Å². The van der Waals surface area contributed by atoms with E-state index in [1.807, 2.05) is 52.0 Å². The molecule has 8 atom stereocenters. The molecule has 0 amide bonds. The third-order valence-electron chi connectivity index (χ3n) is 7.94. The first-order valence-electron chi connectivity index (χ1n) is 12.0. The summed E-state index contributed by atoms with van der Waals surface area (Å²) >= 11 is 0. The van der Waals surface area contributed by atoms with Crippen molar-refractivity contribution in [3.63, 3.8) is 0 Å². The maximum Gasteiger partial charge on any atom is 0.305 e. The van der Waals surface area contributed by atoms with E-state index in [9.17, 15) is 19.2 Å². The molecule has 4 aliphatic rings. The minimum Gasteiger partial charge on any atom is -0.469 e. The number of hydrogen-bond donors (Lipinski definition) is 0. The van der Waals surface area contributed by atoms with Gasteiger partial charge in [0, 0.05) is 36.5 Å².